The molecule has 30 heavy (non-hydrogen) atoms. The molecule has 0 saturated carbocycles. The van der Waals surface area contributed by atoms with Gasteiger partial charge in [0.15, 0.2) is 0 Å². The first kappa shape index (κ1) is 22.1. The molecular formula is C22H28N4O3S. The zero-order valence-electron chi connectivity index (χ0n) is 17.8. The lowest BCUT2D eigenvalue weighted by atomic mass is 10.0. The first-order chi connectivity index (χ1) is 14.4. The summed E-state index contributed by atoms with van der Waals surface area (Å²) in [4.78, 5) is 32.9. The number of thioether (sulfide) groups is 1. The normalized spacial score (nSPS) is 15.8. The van der Waals surface area contributed by atoms with Gasteiger partial charge in [-0.1, -0.05) is 0 Å². The van der Waals surface area contributed by atoms with Gasteiger partial charge >= 0.3 is 0 Å². The molecule has 0 radical (unpaired) electrons. The first-order valence-corrected chi connectivity index (χ1v) is 11.4. The number of benzene rings is 1. The summed E-state index contributed by atoms with van der Waals surface area (Å²) >= 11 is 1.65. The van der Waals surface area contributed by atoms with E-state index in [0.717, 1.165) is 39.7 Å². The summed E-state index contributed by atoms with van der Waals surface area (Å²) in [6.07, 6.45) is 4.91. The summed E-state index contributed by atoms with van der Waals surface area (Å²) in [6.45, 7) is 5.69. The largest absolute Gasteiger partial charge is 0.488 e. The molecule has 0 aliphatic carbocycles. The van der Waals surface area contributed by atoms with E-state index in [1.54, 1.807) is 18.0 Å². The maximum absolute atomic E-state index is 12.5. The molecule has 0 fully saturated rings. The van der Waals surface area contributed by atoms with E-state index in [0.29, 0.717) is 19.4 Å². The van der Waals surface area contributed by atoms with Gasteiger partial charge in [0.2, 0.25) is 11.8 Å². The SMILES string of the molecule is CSCC[C@H](NC(C)=O)C(=O)NC[C@H]1Cc2cc(-c3nc(C)cnc3C)ccc2O1. The van der Waals surface area contributed by atoms with Gasteiger partial charge in [0, 0.05) is 25.1 Å². The van der Waals surface area contributed by atoms with Gasteiger partial charge in [-0.3, -0.25) is 14.6 Å². The molecule has 1 aliphatic rings. The van der Waals surface area contributed by atoms with Crippen molar-refractivity contribution < 1.29 is 14.3 Å². The number of carbonyl (C=O) groups is 2. The minimum Gasteiger partial charge on any atom is -0.488 e. The number of amides is 2. The lowest BCUT2D eigenvalue weighted by molar-refractivity contribution is -0.128. The second-order valence-electron chi connectivity index (χ2n) is 7.49. The third kappa shape index (κ3) is 5.50. The van der Waals surface area contributed by atoms with Crippen LogP contribution in [0.4, 0.5) is 0 Å². The van der Waals surface area contributed by atoms with Crippen LogP contribution in [0.5, 0.6) is 5.75 Å². The van der Waals surface area contributed by atoms with Gasteiger partial charge in [-0.15, -0.1) is 0 Å². The Hall–Kier alpha value is -2.61. The zero-order valence-corrected chi connectivity index (χ0v) is 18.6. The predicted octanol–water partition coefficient (Wildman–Crippen LogP) is 2.44. The van der Waals surface area contributed by atoms with Crippen molar-refractivity contribution in [1.29, 1.82) is 0 Å². The highest BCUT2D eigenvalue weighted by molar-refractivity contribution is 7.98. The van der Waals surface area contributed by atoms with Crippen LogP contribution in [0.3, 0.4) is 0 Å². The quantitative estimate of drug-likeness (QED) is 0.671. The van der Waals surface area contributed by atoms with Crippen molar-refractivity contribution in [2.45, 2.75) is 45.8 Å². The van der Waals surface area contributed by atoms with Crippen LogP contribution < -0.4 is 15.4 Å². The van der Waals surface area contributed by atoms with E-state index in [1.165, 1.54) is 6.92 Å². The van der Waals surface area contributed by atoms with Crippen LogP contribution in [0.25, 0.3) is 11.3 Å². The van der Waals surface area contributed by atoms with Gasteiger partial charge in [-0.25, -0.2) is 4.98 Å². The number of aromatic nitrogens is 2. The molecule has 0 bridgehead atoms. The van der Waals surface area contributed by atoms with E-state index in [-0.39, 0.29) is 17.9 Å². The summed E-state index contributed by atoms with van der Waals surface area (Å²) in [5.41, 5.74) is 4.75. The van der Waals surface area contributed by atoms with Gasteiger partial charge in [-0.2, -0.15) is 11.8 Å². The summed E-state index contributed by atoms with van der Waals surface area (Å²) in [7, 11) is 0. The van der Waals surface area contributed by atoms with Crippen LogP contribution in [-0.4, -0.2) is 52.5 Å². The fourth-order valence-electron chi connectivity index (χ4n) is 3.48. The topological polar surface area (TPSA) is 93.2 Å². The Bertz CT molecular complexity index is 935. The molecule has 7 nitrogen and oxygen atoms in total. The Morgan fingerprint density at radius 2 is 2.13 bits per heavy atom. The Labute approximate surface area is 181 Å². The third-order valence-corrected chi connectivity index (χ3v) is 5.60. The Kier molecular flexibility index (Phi) is 7.31. The highest BCUT2D eigenvalue weighted by atomic mass is 32.2. The Morgan fingerprint density at radius 1 is 1.33 bits per heavy atom. The highest BCUT2D eigenvalue weighted by Gasteiger charge is 2.26. The van der Waals surface area contributed by atoms with Crippen molar-refractivity contribution in [3.8, 4) is 17.0 Å². The summed E-state index contributed by atoms with van der Waals surface area (Å²) < 4.78 is 6.00. The third-order valence-electron chi connectivity index (χ3n) is 4.96. The van der Waals surface area contributed by atoms with Crippen LogP contribution in [0.15, 0.2) is 24.4 Å². The monoisotopic (exact) mass is 428 g/mol. The van der Waals surface area contributed by atoms with E-state index < -0.39 is 6.04 Å². The second-order valence-corrected chi connectivity index (χ2v) is 8.48. The highest BCUT2D eigenvalue weighted by Crippen LogP contribution is 2.33. The molecule has 2 heterocycles. The molecule has 2 atom stereocenters. The first-order valence-electron chi connectivity index (χ1n) is 10.0. The molecular weight excluding hydrogens is 400 g/mol. The van der Waals surface area contributed by atoms with Crippen LogP contribution in [0.1, 0.15) is 30.3 Å². The molecule has 1 aromatic heterocycles. The molecule has 0 unspecified atom stereocenters. The zero-order chi connectivity index (χ0) is 21.7. The summed E-state index contributed by atoms with van der Waals surface area (Å²) in [5, 5.41) is 5.65. The van der Waals surface area contributed by atoms with Crippen LogP contribution in [0, 0.1) is 13.8 Å². The molecule has 3 rings (SSSR count). The van der Waals surface area contributed by atoms with E-state index >= 15 is 0 Å². The maximum atomic E-state index is 12.5. The van der Waals surface area contributed by atoms with E-state index in [4.69, 9.17) is 4.74 Å². The van der Waals surface area contributed by atoms with Crippen LogP contribution in [-0.2, 0) is 16.0 Å². The lowest BCUT2D eigenvalue weighted by Gasteiger charge is -2.19. The molecule has 1 aliphatic heterocycles. The fraction of sp³-hybridized carbons (Fsp3) is 0.455. The number of fused-ring (bicyclic) bond motifs is 1. The van der Waals surface area contributed by atoms with Gasteiger partial charge in [-0.05, 0) is 56.0 Å². The standard InChI is InChI=1S/C22H28N4O3S/c1-13-11-23-14(2)21(25-13)16-5-6-20-17(9-16)10-18(29-20)12-24-22(28)19(7-8-30-4)26-15(3)27/h5-6,9,11,18-19H,7-8,10,12H2,1-4H3,(H,24,28)(H,26,27)/t18-,19+/m1/s1. The number of nitrogens with one attached hydrogen (secondary N) is 2. The molecule has 8 heteroatoms. The molecule has 0 spiro atoms. The number of nitrogens with zero attached hydrogens (tertiary/aromatic N) is 2. The van der Waals surface area contributed by atoms with E-state index in [2.05, 4.69) is 26.7 Å². The number of ether oxygens (including phenoxy) is 1. The average molecular weight is 429 g/mol. The van der Waals surface area contributed by atoms with E-state index in [1.807, 2.05) is 32.2 Å². The minimum absolute atomic E-state index is 0.137. The van der Waals surface area contributed by atoms with Gasteiger partial charge < -0.3 is 15.4 Å². The molecule has 2 N–H and O–H groups in total. The smallest absolute Gasteiger partial charge is 0.242 e. The summed E-state index contributed by atoms with van der Waals surface area (Å²) in [6, 6.07) is 5.51. The average Bonchev–Trinajstić information content (AvgIpc) is 3.13. The van der Waals surface area contributed by atoms with Crippen molar-refractivity contribution in [2.75, 3.05) is 18.6 Å². The predicted molar refractivity (Wildman–Crippen MR) is 119 cm³/mol. The van der Waals surface area contributed by atoms with Gasteiger partial charge in [0.25, 0.3) is 0 Å². The van der Waals surface area contributed by atoms with Crippen molar-refractivity contribution >= 4 is 23.6 Å². The Morgan fingerprint density at radius 3 is 2.87 bits per heavy atom. The van der Waals surface area contributed by atoms with Gasteiger partial charge in [0.05, 0.1) is 23.6 Å². The van der Waals surface area contributed by atoms with Gasteiger partial charge in [0.1, 0.15) is 17.9 Å². The Balaban J connectivity index is 1.62. The molecule has 0 saturated heterocycles. The fourth-order valence-corrected chi connectivity index (χ4v) is 3.95. The molecule has 2 aromatic rings. The molecule has 2 amide bonds. The maximum Gasteiger partial charge on any atom is 0.242 e. The van der Waals surface area contributed by atoms with E-state index in [9.17, 15) is 9.59 Å². The van der Waals surface area contributed by atoms with Crippen LogP contribution in [0.2, 0.25) is 0 Å². The number of hydrogen-bond donors (Lipinski definition) is 2. The van der Waals surface area contributed by atoms with Crippen molar-refractivity contribution in [1.82, 2.24) is 20.6 Å². The summed E-state index contributed by atoms with van der Waals surface area (Å²) in [5.74, 6) is 1.25. The number of hydrogen-bond acceptors (Lipinski definition) is 6. The minimum atomic E-state index is -0.520. The van der Waals surface area contributed by atoms with Crippen molar-refractivity contribution in [3.05, 3.63) is 41.3 Å². The van der Waals surface area contributed by atoms with Crippen molar-refractivity contribution in [2.24, 2.45) is 0 Å². The second kappa shape index (κ2) is 9.93. The number of rotatable bonds is 8. The lowest BCUT2D eigenvalue weighted by Crippen LogP contribution is -2.48. The van der Waals surface area contributed by atoms with Crippen molar-refractivity contribution in [3.63, 3.8) is 0 Å². The number of aryl methyl sites for hydroxylation is 2. The molecule has 1 aromatic carbocycles. The van der Waals surface area contributed by atoms with Crippen LogP contribution >= 0.6 is 11.8 Å². The molecule has 160 valence electrons. The number of carbonyl (C=O) groups excluding carboxylic acids is 2.